The second-order valence-corrected chi connectivity index (χ2v) is 19.9. The third-order valence-corrected chi connectivity index (χ3v) is 15.7. The number of rotatable bonds is 24. The number of carbonyl (C=O) groups is 1. The fraction of sp³-hybridized carbons (Fsp3) is 0.389. The number of hydrogen-bond acceptors (Lipinski definition) is 14. The van der Waals surface area contributed by atoms with Crippen LogP contribution in [0.2, 0.25) is 0 Å². The summed E-state index contributed by atoms with van der Waals surface area (Å²) >= 11 is 0. The lowest BCUT2D eigenvalue weighted by Gasteiger charge is -2.59. The zero-order valence-electron chi connectivity index (χ0n) is 39.9. The van der Waals surface area contributed by atoms with Crippen molar-refractivity contribution in [3.63, 3.8) is 0 Å². The molecular weight excluding hydrogens is 929 g/mol. The van der Waals surface area contributed by atoms with Crippen LogP contribution in [-0.4, -0.2) is 90.1 Å². The number of unbranched alkanes of at least 4 members (excludes halogenated alkanes) is 2. The summed E-state index contributed by atoms with van der Waals surface area (Å²) in [5, 5.41) is 37.0. The van der Waals surface area contributed by atoms with Crippen molar-refractivity contribution >= 4 is 38.6 Å². The number of aliphatic hydroxyl groups excluding tert-OH is 2. The molecule has 1 aromatic heterocycles. The van der Waals surface area contributed by atoms with Crippen LogP contribution in [0.15, 0.2) is 132 Å². The second kappa shape index (κ2) is 22.7. The van der Waals surface area contributed by atoms with Crippen molar-refractivity contribution < 1.29 is 52.1 Å². The van der Waals surface area contributed by atoms with Gasteiger partial charge in [-0.25, -0.2) is 8.42 Å². The van der Waals surface area contributed by atoms with Crippen molar-refractivity contribution in [3.05, 3.63) is 148 Å². The van der Waals surface area contributed by atoms with E-state index in [9.17, 15) is 25.1 Å². The number of nitrogens with zero attached hydrogens (tertiary/aromatic N) is 4. The Balaban J connectivity index is 1.36. The molecule has 0 amide bonds. The maximum absolute atomic E-state index is 15.7. The van der Waals surface area contributed by atoms with Gasteiger partial charge in [0.05, 0.1) is 47.4 Å². The van der Waals surface area contributed by atoms with Crippen molar-refractivity contribution in [1.82, 2.24) is 9.29 Å². The van der Waals surface area contributed by atoms with Gasteiger partial charge in [-0.15, -0.1) is 6.58 Å². The number of aliphatic hydroxyl groups is 2. The topological polar surface area (TPSA) is 209 Å². The normalized spacial score (nSPS) is 22.0. The average Bonchev–Trinajstić information content (AvgIpc) is 3.38. The van der Waals surface area contributed by atoms with E-state index in [4.69, 9.17) is 28.9 Å². The monoisotopic (exact) mass is 988 g/mol. The summed E-state index contributed by atoms with van der Waals surface area (Å²) < 4.78 is 59.2. The molecule has 374 valence electrons. The maximum Gasteiger partial charge on any atom is 0.269 e. The second-order valence-electron chi connectivity index (χ2n) is 18.0. The SMILES string of the molecule is C=CCO[C@@]12Oc3ccc(Oc4ccc(OC)c(C=O)c4)cc3[C@H]3[C@H](CCCCO)[C@@H](CCCCO)C=C(C(=NOCc4ccc([N+](=O)[O-])cc4)C[C@@H]1N(CCC)S(=O)(=O)c1cccc4cccnc14)[C@H]32. The molecule has 0 bridgehead atoms. The number of fused-ring (bicyclic) bond motifs is 3. The summed E-state index contributed by atoms with van der Waals surface area (Å²) in [6, 6.07) is 24.1. The molecule has 4 aromatic carbocycles. The van der Waals surface area contributed by atoms with E-state index in [-0.39, 0.29) is 61.8 Å². The predicted molar refractivity (Wildman–Crippen MR) is 267 cm³/mol. The van der Waals surface area contributed by atoms with E-state index in [0.717, 1.165) is 11.1 Å². The molecule has 17 heteroatoms. The average molecular weight is 989 g/mol. The number of oxime groups is 1. The number of nitro benzene ring substituents is 1. The highest BCUT2D eigenvalue weighted by atomic mass is 32.2. The number of aldehydes is 1. The summed E-state index contributed by atoms with van der Waals surface area (Å²) in [6.07, 6.45) is 10.4. The lowest BCUT2D eigenvalue weighted by Crippen LogP contribution is -2.70. The first kappa shape index (κ1) is 50.9. The van der Waals surface area contributed by atoms with Gasteiger partial charge >= 0.3 is 0 Å². The Labute approximate surface area is 413 Å². The van der Waals surface area contributed by atoms with Crippen LogP contribution in [0.3, 0.4) is 0 Å². The molecular formula is C54H60N4O12S. The van der Waals surface area contributed by atoms with Crippen LogP contribution in [0.1, 0.15) is 85.7 Å². The first-order chi connectivity index (χ1) is 34.5. The lowest BCUT2D eigenvalue weighted by atomic mass is 9.55. The number of benzene rings is 4. The van der Waals surface area contributed by atoms with Crippen molar-refractivity contribution in [2.75, 3.05) is 33.5 Å². The molecule has 71 heavy (non-hydrogen) atoms. The van der Waals surface area contributed by atoms with Gasteiger partial charge in [-0.1, -0.05) is 55.3 Å². The molecule has 0 unspecified atom stereocenters. The zero-order chi connectivity index (χ0) is 50.1. The number of para-hydroxylation sites is 1. The van der Waals surface area contributed by atoms with Crippen LogP contribution in [0.5, 0.6) is 23.0 Å². The molecule has 2 N–H and O–H groups in total. The highest BCUT2D eigenvalue weighted by molar-refractivity contribution is 7.89. The van der Waals surface area contributed by atoms with Crippen LogP contribution in [0, 0.1) is 27.9 Å². The summed E-state index contributed by atoms with van der Waals surface area (Å²) in [4.78, 5) is 33.8. The number of carbonyl (C=O) groups excluding carboxylic acids is 1. The first-order valence-corrected chi connectivity index (χ1v) is 25.6. The molecule has 0 radical (unpaired) electrons. The molecule has 2 heterocycles. The number of ether oxygens (including phenoxy) is 4. The minimum absolute atomic E-state index is 0.00360. The van der Waals surface area contributed by atoms with Crippen molar-refractivity contribution in [2.24, 2.45) is 22.9 Å². The predicted octanol–water partition coefficient (Wildman–Crippen LogP) is 9.69. The van der Waals surface area contributed by atoms with Crippen LogP contribution >= 0.6 is 0 Å². The molecule has 1 aliphatic heterocycles. The molecule has 1 saturated carbocycles. The van der Waals surface area contributed by atoms with Gasteiger partial charge in [0, 0.05) is 61.4 Å². The third kappa shape index (κ3) is 10.5. The Morgan fingerprint density at radius 3 is 2.45 bits per heavy atom. The minimum atomic E-state index is -4.40. The van der Waals surface area contributed by atoms with Gasteiger partial charge in [0.25, 0.3) is 5.69 Å². The minimum Gasteiger partial charge on any atom is -0.496 e. The van der Waals surface area contributed by atoms with Gasteiger partial charge in [-0.3, -0.25) is 19.9 Å². The lowest BCUT2D eigenvalue weighted by molar-refractivity contribution is -0.384. The van der Waals surface area contributed by atoms with Crippen LogP contribution < -0.4 is 14.2 Å². The number of allylic oxidation sites excluding steroid dienone is 1. The standard InChI is InChI=1S/C54H60N4O12S/c1-4-26-57(71(64,65)49-16-10-13-37-14-11-25-55-53(37)49)50-33-46(56-68-35-36-17-19-40(20-18-36)58(62)63)44-31-38(12-6-8-27-59)43(15-7-9-28-60)51-45-32-42(69-41-21-23-47(66-3)39(30-41)34-61)22-24-48(45)70-54(50,52(44)51)67-29-5-2/h5,10-11,13-14,16-25,30-32,34,38,43,50-52,59-60H,2,4,6-9,12,15,26-29,33,35H2,1,3H3/t38-,43+,50-,51+,52+,54+/m0/s1. The van der Waals surface area contributed by atoms with Gasteiger partial charge in [0.2, 0.25) is 15.8 Å². The Hall–Kier alpha value is -6.50. The number of non-ortho nitro benzene ring substituents is 1. The Morgan fingerprint density at radius 1 is 0.986 bits per heavy atom. The van der Waals surface area contributed by atoms with E-state index < -0.39 is 38.6 Å². The van der Waals surface area contributed by atoms with Gasteiger partial charge in [0.15, 0.2) is 6.29 Å². The fourth-order valence-electron chi connectivity index (χ4n) is 10.7. The van der Waals surface area contributed by atoms with E-state index in [0.29, 0.717) is 102 Å². The van der Waals surface area contributed by atoms with E-state index in [1.807, 2.05) is 31.2 Å². The van der Waals surface area contributed by atoms with Crippen LogP contribution in [-0.2, 0) is 26.2 Å². The zero-order valence-corrected chi connectivity index (χ0v) is 40.7. The smallest absolute Gasteiger partial charge is 0.269 e. The number of pyridine rings is 1. The highest BCUT2D eigenvalue weighted by Gasteiger charge is 2.66. The number of hydrogen-bond donors (Lipinski definition) is 2. The molecule has 2 aliphatic carbocycles. The third-order valence-electron chi connectivity index (χ3n) is 13.7. The van der Waals surface area contributed by atoms with Crippen LogP contribution in [0.4, 0.5) is 5.69 Å². The number of sulfonamides is 1. The molecule has 16 nitrogen and oxygen atoms in total. The van der Waals surface area contributed by atoms with Gasteiger partial charge < -0.3 is 34.0 Å². The Bertz CT molecular complexity index is 2890. The van der Waals surface area contributed by atoms with Crippen molar-refractivity contribution in [1.29, 1.82) is 0 Å². The molecule has 1 fully saturated rings. The number of nitro groups is 1. The largest absolute Gasteiger partial charge is 0.496 e. The molecule has 0 spiro atoms. The molecule has 6 atom stereocenters. The number of methoxy groups -OCH3 is 1. The van der Waals surface area contributed by atoms with Crippen molar-refractivity contribution in [2.45, 2.75) is 87.5 Å². The van der Waals surface area contributed by atoms with E-state index >= 15 is 8.42 Å². The summed E-state index contributed by atoms with van der Waals surface area (Å²) in [6.45, 7) is 5.99. The van der Waals surface area contributed by atoms with E-state index in [1.54, 1.807) is 66.9 Å². The van der Waals surface area contributed by atoms with Gasteiger partial charge in [-0.05, 0) is 116 Å². The summed E-state index contributed by atoms with van der Waals surface area (Å²) in [7, 11) is -2.91. The van der Waals surface area contributed by atoms with E-state index in [1.165, 1.54) is 23.5 Å². The maximum atomic E-state index is 15.7. The Kier molecular flexibility index (Phi) is 16.3. The quantitative estimate of drug-likeness (QED) is 0.0194. The Morgan fingerprint density at radius 2 is 1.73 bits per heavy atom. The molecule has 0 saturated heterocycles. The molecule has 5 aromatic rings. The first-order valence-electron chi connectivity index (χ1n) is 24.1. The fourth-order valence-corrected chi connectivity index (χ4v) is 12.6. The van der Waals surface area contributed by atoms with E-state index in [2.05, 4.69) is 17.6 Å². The molecule has 3 aliphatic rings. The highest BCUT2D eigenvalue weighted by Crippen LogP contribution is 2.62. The molecule has 8 rings (SSSR count). The van der Waals surface area contributed by atoms with Gasteiger partial charge in [-0.2, -0.15) is 4.31 Å². The van der Waals surface area contributed by atoms with Crippen LogP contribution in [0.25, 0.3) is 10.9 Å². The summed E-state index contributed by atoms with van der Waals surface area (Å²) in [5.41, 5.74) is 3.23. The van der Waals surface area contributed by atoms with Gasteiger partial charge in [0.1, 0.15) is 34.5 Å². The number of aromatic nitrogens is 1. The summed E-state index contributed by atoms with van der Waals surface area (Å²) in [5.74, 6) is -1.33. The van der Waals surface area contributed by atoms with Crippen molar-refractivity contribution in [3.8, 4) is 23.0 Å².